The van der Waals surface area contributed by atoms with Crippen molar-refractivity contribution in [3.63, 3.8) is 0 Å². The first-order valence-electron chi connectivity index (χ1n) is 7.07. The maximum atomic E-state index is 12.2. The van der Waals surface area contributed by atoms with Gasteiger partial charge in [-0.2, -0.15) is 0 Å². The normalized spacial score (nSPS) is 18.1. The first-order valence-corrected chi connectivity index (χ1v) is 7.95. The van der Waals surface area contributed by atoms with Crippen molar-refractivity contribution in [2.24, 2.45) is 5.73 Å². The van der Waals surface area contributed by atoms with Gasteiger partial charge in [-0.25, -0.2) is 4.98 Å². The molecule has 20 heavy (non-hydrogen) atoms. The van der Waals surface area contributed by atoms with Gasteiger partial charge in [-0.1, -0.05) is 19.3 Å². The number of hydrogen-bond donors (Lipinski definition) is 2. The van der Waals surface area contributed by atoms with Crippen molar-refractivity contribution >= 4 is 33.1 Å². The zero-order valence-corrected chi connectivity index (χ0v) is 12.2. The highest BCUT2D eigenvalue weighted by Crippen LogP contribution is 2.29. The van der Waals surface area contributed by atoms with E-state index < -0.39 is 0 Å². The third-order valence-electron chi connectivity index (χ3n) is 3.98. The van der Waals surface area contributed by atoms with Crippen LogP contribution in [0, 0.1) is 0 Å². The summed E-state index contributed by atoms with van der Waals surface area (Å²) in [6.45, 7) is 0. The van der Waals surface area contributed by atoms with E-state index in [9.17, 15) is 4.79 Å². The Bertz CT molecular complexity index is 616. The van der Waals surface area contributed by atoms with Crippen molar-refractivity contribution in [3.05, 3.63) is 23.7 Å². The number of carbonyl (C=O) groups excluding carboxylic acids is 1. The lowest BCUT2D eigenvalue weighted by Gasteiger charge is -2.32. The molecular weight excluding hydrogens is 270 g/mol. The molecule has 1 aliphatic rings. The van der Waals surface area contributed by atoms with Crippen LogP contribution < -0.4 is 11.1 Å². The second-order valence-corrected chi connectivity index (χ2v) is 6.57. The average Bonchev–Trinajstić information content (AvgIpc) is 2.86. The Hall–Kier alpha value is -1.46. The van der Waals surface area contributed by atoms with Crippen LogP contribution in [0.2, 0.25) is 0 Å². The molecule has 0 atom stereocenters. The van der Waals surface area contributed by atoms with E-state index in [2.05, 4.69) is 10.3 Å². The quantitative estimate of drug-likeness (QED) is 0.911. The predicted octanol–water partition coefficient (Wildman–Crippen LogP) is 3.29. The van der Waals surface area contributed by atoms with E-state index in [-0.39, 0.29) is 11.4 Å². The van der Waals surface area contributed by atoms with Gasteiger partial charge in [0.25, 0.3) is 0 Å². The van der Waals surface area contributed by atoms with Gasteiger partial charge in [0.15, 0.2) is 0 Å². The molecule has 106 valence electrons. The highest BCUT2D eigenvalue weighted by molar-refractivity contribution is 7.16. The number of aromatic nitrogens is 1. The second-order valence-electron chi connectivity index (χ2n) is 5.68. The van der Waals surface area contributed by atoms with Gasteiger partial charge in [0.1, 0.15) is 0 Å². The SMILES string of the molecule is NC1(CC(=O)Nc2ccc3ncsc3c2)CCCCC1. The Morgan fingerprint density at radius 2 is 2.15 bits per heavy atom. The summed E-state index contributed by atoms with van der Waals surface area (Å²) in [5.41, 5.74) is 9.62. The van der Waals surface area contributed by atoms with E-state index in [1.807, 2.05) is 23.7 Å². The van der Waals surface area contributed by atoms with Crippen LogP contribution in [-0.4, -0.2) is 16.4 Å². The van der Waals surface area contributed by atoms with Crippen LogP contribution in [-0.2, 0) is 4.79 Å². The molecule has 1 amide bonds. The minimum atomic E-state index is -0.309. The molecule has 1 aromatic carbocycles. The highest BCUT2D eigenvalue weighted by atomic mass is 32.1. The van der Waals surface area contributed by atoms with E-state index in [1.165, 1.54) is 6.42 Å². The fraction of sp³-hybridized carbons (Fsp3) is 0.467. The first-order chi connectivity index (χ1) is 9.65. The predicted molar refractivity (Wildman–Crippen MR) is 82.9 cm³/mol. The lowest BCUT2D eigenvalue weighted by molar-refractivity contribution is -0.117. The highest BCUT2D eigenvalue weighted by Gasteiger charge is 2.29. The van der Waals surface area contributed by atoms with E-state index in [1.54, 1.807) is 11.3 Å². The first kappa shape index (κ1) is 13.5. The second kappa shape index (κ2) is 5.50. The summed E-state index contributed by atoms with van der Waals surface area (Å²) >= 11 is 1.58. The minimum absolute atomic E-state index is 0.0123. The van der Waals surface area contributed by atoms with Gasteiger partial charge < -0.3 is 11.1 Å². The van der Waals surface area contributed by atoms with Crippen LogP contribution in [0.3, 0.4) is 0 Å². The molecule has 1 fully saturated rings. The molecule has 1 aromatic heterocycles. The van der Waals surface area contributed by atoms with Crippen molar-refractivity contribution in [1.82, 2.24) is 4.98 Å². The van der Waals surface area contributed by atoms with E-state index in [0.29, 0.717) is 6.42 Å². The molecule has 0 radical (unpaired) electrons. The summed E-state index contributed by atoms with van der Waals surface area (Å²) in [7, 11) is 0. The largest absolute Gasteiger partial charge is 0.326 e. The lowest BCUT2D eigenvalue weighted by atomic mass is 9.80. The molecule has 0 bridgehead atoms. The molecule has 1 heterocycles. The maximum absolute atomic E-state index is 12.2. The van der Waals surface area contributed by atoms with Crippen molar-refractivity contribution in [2.45, 2.75) is 44.1 Å². The number of amides is 1. The topological polar surface area (TPSA) is 68.0 Å². The minimum Gasteiger partial charge on any atom is -0.326 e. The molecule has 0 saturated heterocycles. The number of thiazole rings is 1. The van der Waals surface area contributed by atoms with Crippen molar-refractivity contribution < 1.29 is 4.79 Å². The number of nitrogens with one attached hydrogen (secondary N) is 1. The van der Waals surface area contributed by atoms with Crippen LogP contribution in [0.25, 0.3) is 10.2 Å². The van der Waals surface area contributed by atoms with Gasteiger partial charge in [0.05, 0.1) is 15.7 Å². The monoisotopic (exact) mass is 289 g/mol. The van der Waals surface area contributed by atoms with Crippen molar-refractivity contribution in [2.75, 3.05) is 5.32 Å². The Balaban J connectivity index is 1.65. The summed E-state index contributed by atoms with van der Waals surface area (Å²) in [4.78, 5) is 16.4. The van der Waals surface area contributed by atoms with Gasteiger partial charge in [0.2, 0.25) is 5.91 Å². The molecule has 1 saturated carbocycles. The number of benzene rings is 1. The third-order valence-corrected chi connectivity index (χ3v) is 4.77. The number of nitrogens with zero attached hydrogens (tertiary/aromatic N) is 1. The molecule has 4 nitrogen and oxygen atoms in total. The molecule has 3 N–H and O–H groups in total. The Kier molecular flexibility index (Phi) is 3.72. The third kappa shape index (κ3) is 2.99. The number of hydrogen-bond acceptors (Lipinski definition) is 4. The molecule has 0 unspecified atom stereocenters. The maximum Gasteiger partial charge on any atom is 0.226 e. The Morgan fingerprint density at radius 3 is 2.95 bits per heavy atom. The number of carbonyl (C=O) groups is 1. The molecular formula is C15H19N3OS. The Labute approximate surface area is 122 Å². The summed E-state index contributed by atoms with van der Waals surface area (Å²) in [6, 6.07) is 5.79. The lowest BCUT2D eigenvalue weighted by Crippen LogP contribution is -2.44. The molecule has 1 aliphatic carbocycles. The molecule has 0 aliphatic heterocycles. The summed E-state index contributed by atoms with van der Waals surface area (Å²) in [5.74, 6) is 0.0123. The number of rotatable bonds is 3. The van der Waals surface area contributed by atoms with Crippen LogP contribution in [0.5, 0.6) is 0 Å². The van der Waals surface area contributed by atoms with Crippen molar-refractivity contribution in [3.8, 4) is 0 Å². The number of nitrogens with two attached hydrogens (primary N) is 1. The zero-order valence-electron chi connectivity index (χ0n) is 11.4. The summed E-state index contributed by atoms with van der Waals surface area (Å²) < 4.78 is 1.09. The Morgan fingerprint density at radius 1 is 1.35 bits per heavy atom. The molecule has 5 heteroatoms. The van der Waals surface area contributed by atoms with E-state index in [0.717, 1.165) is 41.6 Å². The van der Waals surface area contributed by atoms with Crippen LogP contribution >= 0.6 is 11.3 Å². The van der Waals surface area contributed by atoms with E-state index in [4.69, 9.17) is 5.73 Å². The van der Waals surface area contributed by atoms with Crippen LogP contribution in [0.4, 0.5) is 5.69 Å². The standard InChI is InChI=1S/C15H19N3OS/c16-15(6-2-1-3-7-15)9-14(19)18-11-4-5-12-13(8-11)20-10-17-12/h4-5,8,10H,1-3,6-7,9,16H2,(H,18,19). The van der Waals surface area contributed by atoms with Crippen molar-refractivity contribution in [1.29, 1.82) is 0 Å². The molecule has 3 rings (SSSR count). The van der Waals surface area contributed by atoms with Gasteiger partial charge in [0, 0.05) is 17.6 Å². The van der Waals surface area contributed by atoms with Gasteiger partial charge in [-0.15, -0.1) is 11.3 Å². The number of anilines is 1. The van der Waals surface area contributed by atoms with Crippen LogP contribution in [0.1, 0.15) is 38.5 Å². The smallest absolute Gasteiger partial charge is 0.226 e. The summed E-state index contributed by atoms with van der Waals surface area (Å²) in [6.07, 6.45) is 5.83. The molecule has 0 spiro atoms. The zero-order chi connectivity index (χ0) is 14.0. The fourth-order valence-corrected chi connectivity index (χ4v) is 3.61. The molecule has 2 aromatic rings. The van der Waals surface area contributed by atoms with Gasteiger partial charge in [-0.05, 0) is 31.0 Å². The van der Waals surface area contributed by atoms with Gasteiger partial charge in [-0.3, -0.25) is 4.79 Å². The fourth-order valence-electron chi connectivity index (χ4n) is 2.89. The van der Waals surface area contributed by atoms with Gasteiger partial charge >= 0.3 is 0 Å². The van der Waals surface area contributed by atoms with E-state index >= 15 is 0 Å². The number of fused-ring (bicyclic) bond motifs is 1. The summed E-state index contributed by atoms with van der Waals surface area (Å²) in [5, 5.41) is 2.96. The van der Waals surface area contributed by atoms with Crippen LogP contribution in [0.15, 0.2) is 23.7 Å². The average molecular weight is 289 g/mol.